The first-order chi connectivity index (χ1) is 9.63. The van der Waals surface area contributed by atoms with Gasteiger partial charge in [-0.25, -0.2) is 0 Å². The zero-order chi connectivity index (χ0) is 15.0. The van der Waals surface area contributed by atoms with Crippen LogP contribution >= 0.6 is 22.9 Å². The number of hydrogen-bond acceptors (Lipinski definition) is 5. The Morgan fingerprint density at radius 2 is 1.85 bits per heavy atom. The van der Waals surface area contributed by atoms with Crippen LogP contribution in [0.2, 0.25) is 4.34 Å². The maximum absolute atomic E-state index is 6.34. The van der Waals surface area contributed by atoms with E-state index in [0.717, 1.165) is 23.8 Å². The molecule has 6 heteroatoms. The smallest absolute Gasteiger partial charge is 0.0931 e. The van der Waals surface area contributed by atoms with Gasteiger partial charge < -0.3 is 15.2 Å². The molecule has 0 aliphatic carbocycles. The Hall–Kier alpha value is -0.170. The van der Waals surface area contributed by atoms with Crippen molar-refractivity contribution in [2.45, 2.75) is 25.4 Å². The second-order valence-electron chi connectivity index (χ2n) is 4.68. The van der Waals surface area contributed by atoms with Crippen molar-refractivity contribution in [3.8, 4) is 0 Å². The summed E-state index contributed by atoms with van der Waals surface area (Å²) in [6.45, 7) is 5.12. The molecule has 0 aliphatic rings. The van der Waals surface area contributed by atoms with Crippen LogP contribution < -0.4 is 5.73 Å². The Kier molecular flexibility index (Phi) is 8.68. The van der Waals surface area contributed by atoms with Crippen LogP contribution in [0, 0.1) is 0 Å². The SMILES string of the molecule is CCC(N)C(c1ccc(Cl)s1)N(CCOC)CCOC. The number of halogens is 1. The molecule has 1 rings (SSSR count). The Morgan fingerprint density at radius 1 is 1.25 bits per heavy atom. The quantitative estimate of drug-likeness (QED) is 0.720. The monoisotopic (exact) mass is 320 g/mol. The first-order valence-corrected chi connectivity index (χ1v) is 8.06. The van der Waals surface area contributed by atoms with Crippen LogP contribution in [0.15, 0.2) is 12.1 Å². The maximum atomic E-state index is 6.34. The van der Waals surface area contributed by atoms with Crippen molar-refractivity contribution < 1.29 is 9.47 Å². The molecular formula is C14H25ClN2O2S. The minimum Gasteiger partial charge on any atom is -0.383 e. The van der Waals surface area contributed by atoms with Gasteiger partial charge in [-0.15, -0.1) is 11.3 Å². The van der Waals surface area contributed by atoms with Gasteiger partial charge in [0.15, 0.2) is 0 Å². The van der Waals surface area contributed by atoms with Gasteiger partial charge in [-0.05, 0) is 18.6 Å². The molecule has 0 bridgehead atoms. The highest BCUT2D eigenvalue weighted by Crippen LogP contribution is 2.33. The minimum absolute atomic E-state index is 0.0680. The number of methoxy groups -OCH3 is 2. The molecular weight excluding hydrogens is 296 g/mol. The predicted molar refractivity (Wildman–Crippen MR) is 85.7 cm³/mol. The molecule has 1 heterocycles. The summed E-state index contributed by atoms with van der Waals surface area (Å²) in [5, 5.41) is 0. The molecule has 20 heavy (non-hydrogen) atoms. The number of hydrogen-bond donors (Lipinski definition) is 1. The number of nitrogens with two attached hydrogens (primary N) is 1. The Labute approximate surface area is 130 Å². The average Bonchev–Trinajstić information content (AvgIpc) is 2.87. The lowest BCUT2D eigenvalue weighted by atomic mass is 10.0. The van der Waals surface area contributed by atoms with Gasteiger partial charge in [-0.2, -0.15) is 0 Å². The van der Waals surface area contributed by atoms with Gasteiger partial charge in [0.05, 0.1) is 23.6 Å². The third-order valence-electron chi connectivity index (χ3n) is 3.32. The summed E-state index contributed by atoms with van der Waals surface area (Å²) >= 11 is 7.67. The van der Waals surface area contributed by atoms with Crippen LogP contribution in [0.3, 0.4) is 0 Å². The second-order valence-corrected chi connectivity index (χ2v) is 6.43. The molecule has 0 amide bonds. The Bertz CT molecular complexity index is 368. The maximum Gasteiger partial charge on any atom is 0.0931 e. The van der Waals surface area contributed by atoms with Crippen molar-refractivity contribution in [1.82, 2.24) is 4.90 Å². The standard InChI is InChI=1S/C14H25ClN2O2S/c1-4-11(16)14(12-5-6-13(15)20-12)17(7-9-18-2)8-10-19-3/h5-6,11,14H,4,7-10,16H2,1-3H3. The Morgan fingerprint density at radius 3 is 2.25 bits per heavy atom. The summed E-state index contributed by atoms with van der Waals surface area (Å²) in [6.07, 6.45) is 0.913. The largest absolute Gasteiger partial charge is 0.383 e. The van der Waals surface area contributed by atoms with Crippen LogP contribution in [0.1, 0.15) is 24.3 Å². The Balaban J connectivity index is 2.90. The molecule has 0 spiro atoms. The van der Waals surface area contributed by atoms with E-state index < -0.39 is 0 Å². The highest BCUT2D eigenvalue weighted by molar-refractivity contribution is 7.16. The fourth-order valence-electron chi connectivity index (χ4n) is 2.18. The van der Waals surface area contributed by atoms with E-state index in [1.807, 2.05) is 6.07 Å². The molecule has 2 atom stereocenters. The summed E-state index contributed by atoms with van der Waals surface area (Å²) in [6, 6.07) is 4.22. The summed E-state index contributed by atoms with van der Waals surface area (Å²) in [5.41, 5.74) is 6.34. The zero-order valence-electron chi connectivity index (χ0n) is 12.5. The molecule has 1 aromatic heterocycles. The summed E-state index contributed by atoms with van der Waals surface area (Å²) < 4.78 is 11.2. The van der Waals surface area contributed by atoms with Gasteiger partial charge in [-0.3, -0.25) is 4.90 Å². The topological polar surface area (TPSA) is 47.7 Å². The van der Waals surface area contributed by atoms with Gasteiger partial charge in [0.25, 0.3) is 0 Å². The van der Waals surface area contributed by atoms with Crippen molar-refractivity contribution in [2.24, 2.45) is 5.73 Å². The predicted octanol–water partition coefficient (Wildman–Crippen LogP) is 2.77. The van der Waals surface area contributed by atoms with E-state index in [1.54, 1.807) is 25.6 Å². The number of nitrogens with zero attached hydrogens (tertiary/aromatic N) is 1. The third kappa shape index (κ3) is 5.31. The molecule has 4 nitrogen and oxygen atoms in total. The van der Waals surface area contributed by atoms with Crippen molar-refractivity contribution in [3.63, 3.8) is 0 Å². The fraction of sp³-hybridized carbons (Fsp3) is 0.714. The van der Waals surface area contributed by atoms with E-state index in [2.05, 4.69) is 17.9 Å². The van der Waals surface area contributed by atoms with Crippen molar-refractivity contribution in [1.29, 1.82) is 0 Å². The lowest BCUT2D eigenvalue weighted by molar-refractivity contribution is 0.0787. The minimum atomic E-state index is 0.0680. The van der Waals surface area contributed by atoms with Gasteiger partial charge in [0, 0.05) is 38.2 Å². The normalized spacial score (nSPS) is 14.7. The van der Waals surface area contributed by atoms with E-state index in [4.69, 9.17) is 26.8 Å². The third-order valence-corrected chi connectivity index (χ3v) is 4.62. The molecule has 0 saturated carbocycles. The average molecular weight is 321 g/mol. The van der Waals surface area contributed by atoms with Gasteiger partial charge >= 0.3 is 0 Å². The van der Waals surface area contributed by atoms with E-state index >= 15 is 0 Å². The molecule has 0 saturated heterocycles. The van der Waals surface area contributed by atoms with Crippen LogP contribution in [0.25, 0.3) is 0 Å². The fourth-order valence-corrected chi connectivity index (χ4v) is 3.45. The second kappa shape index (κ2) is 9.71. The highest BCUT2D eigenvalue weighted by Gasteiger charge is 2.26. The van der Waals surface area contributed by atoms with Crippen molar-refractivity contribution in [3.05, 3.63) is 21.3 Å². The molecule has 0 radical (unpaired) electrons. The van der Waals surface area contributed by atoms with E-state index in [-0.39, 0.29) is 12.1 Å². The van der Waals surface area contributed by atoms with Crippen molar-refractivity contribution >= 4 is 22.9 Å². The molecule has 0 aromatic carbocycles. The van der Waals surface area contributed by atoms with Crippen LogP contribution in [-0.4, -0.2) is 51.5 Å². The molecule has 116 valence electrons. The molecule has 1 aromatic rings. The number of ether oxygens (including phenoxy) is 2. The molecule has 2 unspecified atom stereocenters. The van der Waals surface area contributed by atoms with E-state index in [9.17, 15) is 0 Å². The van der Waals surface area contributed by atoms with E-state index in [0.29, 0.717) is 13.2 Å². The summed E-state index contributed by atoms with van der Waals surface area (Å²) in [7, 11) is 3.43. The van der Waals surface area contributed by atoms with Crippen LogP contribution in [0.5, 0.6) is 0 Å². The molecule has 0 fully saturated rings. The lowest BCUT2D eigenvalue weighted by Crippen LogP contribution is -2.43. The van der Waals surface area contributed by atoms with E-state index in [1.165, 1.54) is 4.88 Å². The van der Waals surface area contributed by atoms with Gasteiger partial charge in [-0.1, -0.05) is 18.5 Å². The highest BCUT2D eigenvalue weighted by atomic mass is 35.5. The van der Waals surface area contributed by atoms with Gasteiger partial charge in [0.2, 0.25) is 0 Å². The first-order valence-electron chi connectivity index (χ1n) is 6.86. The molecule has 0 aliphatic heterocycles. The number of thiophene rings is 1. The summed E-state index contributed by atoms with van der Waals surface area (Å²) in [5.74, 6) is 0. The number of rotatable bonds is 10. The van der Waals surface area contributed by atoms with Crippen LogP contribution in [-0.2, 0) is 9.47 Å². The van der Waals surface area contributed by atoms with Crippen molar-refractivity contribution in [2.75, 3.05) is 40.5 Å². The summed E-state index contributed by atoms with van der Waals surface area (Å²) in [4.78, 5) is 3.53. The van der Waals surface area contributed by atoms with Crippen LogP contribution in [0.4, 0.5) is 0 Å². The first kappa shape index (κ1) is 17.9. The zero-order valence-corrected chi connectivity index (χ0v) is 14.0. The molecule has 2 N–H and O–H groups in total. The lowest BCUT2D eigenvalue weighted by Gasteiger charge is -2.34. The van der Waals surface area contributed by atoms with Gasteiger partial charge in [0.1, 0.15) is 0 Å².